The molecule has 0 aliphatic heterocycles. The molecular formula is C15H28ClN5S. The summed E-state index contributed by atoms with van der Waals surface area (Å²) >= 11 is 7.92. The van der Waals surface area contributed by atoms with E-state index < -0.39 is 0 Å². The second-order valence-electron chi connectivity index (χ2n) is 4.82. The van der Waals surface area contributed by atoms with E-state index in [1.54, 1.807) is 11.8 Å². The standard InChI is InChI=1S/C15H28ClN5S/c1-6-20(7-2)11-10-17-14-12(22-5)13(16)18-15(19-14)21(8-3)9-4/h6-11H2,1-5H3,(H,17,18,19). The quantitative estimate of drug-likeness (QED) is 0.517. The van der Waals surface area contributed by atoms with Crippen molar-refractivity contribution in [2.75, 3.05) is 55.7 Å². The Morgan fingerprint density at radius 1 is 1.05 bits per heavy atom. The molecule has 0 aliphatic carbocycles. The van der Waals surface area contributed by atoms with Crippen LogP contribution < -0.4 is 10.2 Å². The SMILES string of the molecule is CCN(CC)CCNc1nc(N(CC)CC)nc(Cl)c1SC. The number of thioether (sulfide) groups is 1. The van der Waals surface area contributed by atoms with Crippen molar-refractivity contribution in [1.82, 2.24) is 14.9 Å². The number of halogens is 1. The van der Waals surface area contributed by atoms with Crippen LogP contribution in [-0.4, -0.2) is 60.4 Å². The van der Waals surface area contributed by atoms with Crippen LogP contribution in [0.2, 0.25) is 5.15 Å². The molecule has 0 aromatic carbocycles. The number of likely N-dealkylation sites (N-methyl/N-ethyl adjacent to an activating group) is 1. The molecule has 1 N–H and O–H groups in total. The summed E-state index contributed by atoms with van der Waals surface area (Å²) in [4.78, 5) is 14.5. The topological polar surface area (TPSA) is 44.3 Å². The van der Waals surface area contributed by atoms with Crippen molar-refractivity contribution < 1.29 is 0 Å². The molecule has 5 nitrogen and oxygen atoms in total. The van der Waals surface area contributed by atoms with Crippen LogP contribution in [0.25, 0.3) is 0 Å². The minimum atomic E-state index is 0.523. The van der Waals surface area contributed by atoms with Gasteiger partial charge in [0.05, 0.1) is 4.90 Å². The Hall–Kier alpha value is -0.720. The predicted molar refractivity (Wildman–Crippen MR) is 98.7 cm³/mol. The summed E-state index contributed by atoms with van der Waals surface area (Å²) in [6.07, 6.45) is 2.00. The van der Waals surface area contributed by atoms with Gasteiger partial charge in [0.1, 0.15) is 11.0 Å². The van der Waals surface area contributed by atoms with Crippen molar-refractivity contribution in [1.29, 1.82) is 0 Å². The Bertz CT molecular complexity index is 450. The molecule has 1 rings (SSSR count). The molecule has 0 saturated carbocycles. The molecule has 126 valence electrons. The molecule has 0 bridgehead atoms. The Kier molecular flexibility index (Phi) is 8.90. The third kappa shape index (κ3) is 5.18. The number of hydrogen-bond donors (Lipinski definition) is 1. The second kappa shape index (κ2) is 10.1. The van der Waals surface area contributed by atoms with E-state index in [9.17, 15) is 0 Å². The van der Waals surface area contributed by atoms with Crippen LogP contribution in [0.1, 0.15) is 27.7 Å². The maximum absolute atomic E-state index is 6.34. The monoisotopic (exact) mass is 345 g/mol. The maximum atomic E-state index is 6.34. The van der Waals surface area contributed by atoms with E-state index in [1.807, 2.05) is 6.26 Å². The number of rotatable bonds is 10. The van der Waals surface area contributed by atoms with E-state index in [0.717, 1.165) is 50.0 Å². The largest absolute Gasteiger partial charge is 0.368 e. The maximum Gasteiger partial charge on any atom is 0.228 e. The van der Waals surface area contributed by atoms with Gasteiger partial charge in [-0.25, -0.2) is 0 Å². The normalized spacial score (nSPS) is 11.0. The minimum absolute atomic E-state index is 0.523. The molecule has 0 fully saturated rings. The lowest BCUT2D eigenvalue weighted by molar-refractivity contribution is 0.316. The van der Waals surface area contributed by atoms with Crippen molar-refractivity contribution in [3.63, 3.8) is 0 Å². The number of anilines is 2. The van der Waals surface area contributed by atoms with Crippen LogP contribution in [0, 0.1) is 0 Å². The lowest BCUT2D eigenvalue weighted by Crippen LogP contribution is -2.29. The molecule has 22 heavy (non-hydrogen) atoms. The smallest absolute Gasteiger partial charge is 0.228 e. The first kappa shape index (κ1) is 19.3. The van der Waals surface area contributed by atoms with E-state index in [4.69, 9.17) is 11.6 Å². The van der Waals surface area contributed by atoms with Gasteiger partial charge in [-0.2, -0.15) is 9.97 Å². The fourth-order valence-electron chi connectivity index (χ4n) is 2.23. The average molecular weight is 346 g/mol. The van der Waals surface area contributed by atoms with E-state index >= 15 is 0 Å². The van der Waals surface area contributed by atoms with E-state index in [-0.39, 0.29) is 0 Å². The molecule has 0 radical (unpaired) electrons. The van der Waals surface area contributed by atoms with E-state index in [0.29, 0.717) is 11.1 Å². The highest BCUT2D eigenvalue weighted by Gasteiger charge is 2.15. The first-order chi connectivity index (χ1) is 10.6. The summed E-state index contributed by atoms with van der Waals surface area (Å²) in [7, 11) is 0. The third-order valence-electron chi connectivity index (χ3n) is 3.68. The molecule has 0 unspecified atom stereocenters. The van der Waals surface area contributed by atoms with Crippen LogP contribution in [0.15, 0.2) is 4.90 Å². The van der Waals surface area contributed by atoms with Crippen molar-refractivity contribution in [3.8, 4) is 0 Å². The van der Waals surface area contributed by atoms with E-state index in [2.05, 4.69) is 52.8 Å². The van der Waals surface area contributed by atoms with Gasteiger partial charge >= 0.3 is 0 Å². The fourth-order valence-corrected chi connectivity index (χ4v) is 3.15. The zero-order valence-electron chi connectivity index (χ0n) is 14.3. The third-order valence-corrected chi connectivity index (χ3v) is 4.86. The number of nitrogens with zero attached hydrogens (tertiary/aromatic N) is 4. The Balaban J connectivity index is 2.90. The summed E-state index contributed by atoms with van der Waals surface area (Å²) in [5.74, 6) is 1.53. The number of aromatic nitrogens is 2. The van der Waals surface area contributed by atoms with Crippen LogP contribution in [-0.2, 0) is 0 Å². The van der Waals surface area contributed by atoms with Crippen LogP contribution in [0.4, 0.5) is 11.8 Å². The van der Waals surface area contributed by atoms with Gasteiger partial charge < -0.3 is 15.1 Å². The van der Waals surface area contributed by atoms with Gasteiger partial charge in [-0.1, -0.05) is 25.4 Å². The molecule has 0 spiro atoms. The highest BCUT2D eigenvalue weighted by molar-refractivity contribution is 7.98. The molecule has 1 aromatic heterocycles. The molecule has 0 saturated heterocycles. The van der Waals surface area contributed by atoms with Gasteiger partial charge in [0.25, 0.3) is 0 Å². The Morgan fingerprint density at radius 2 is 1.68 bits per heavy atom. The summed E-state index contributed by atoms with van der Waals surface area (Å²) in [5, 5.41) is 3.95. The molecule has 0 amide bonds. The molecule has 7 heteroatoms. The summed E-state index contributed by atoms with van der Waals surface area (Å²) in [6.45, 7) is 14.2. The molecular weight excluding hydrogens is 318 g/mol. The van der Waals surface area contributed by atoms with Crippen molar-refractivity contribution >= 4 is 35.1 Å². The highest BCUT2D eigenvalue weighted by Crippen LogP contribution is 2.31. The van der Waals surface area contributed by atoms with Crippen molar-refractivity contribution in [2.24, 2.45) is 0 Å². The summed E-state index contributed by atoms with van der Waals surface area (Å²) < 4.78 is 0. The van der Waals surface area contributed by atoms with Gasteiger partial charge in [-0.15, -0.1) is 11.8 Å². The van der Waals surface area contributed by atoms with Crippen LogP contribution in [0.3, 0.4) is 0 Å². The van der Waals surface area contributed by atoms with Gasteiger partial charge in [-0.3, -0.25) is 0 Å². The zero-order chi connectivity index (χ0) is 16.5. The molecule has 0 aliphatic rings. The van der Waals surface area contributed by atoms with Gasteiger partial charge in [0.2, 0.25) is 5.95 Å². The minimum Gasteiger partial charge on any atom is -0.368 e. The predicted octanol–water partition coefficient (Wildman–Crippen LogP) is 3.45. The summed E-state index contributed by atoms with van der Waals surface area (Å²) in [6, 6.07) is 0. The van der Waals surface area contributed by atoms with Crippen LogP contribution >= 0.6 is 23.4 Å². The Morgan fingerprint density at radius 3 is 2.18 bits per heavy atom. The second-order valence-corrected chi connectivity index (χ2v) is 6.00. The number of nitrogens with one attached hydrogen (secondary N) is 1. The molecule has 1 aromatic rings. The molecule has 1 heterocycles. The van der Waals surface area contributed by atoms with Crippen molar-refractivity contribution in [2.45, 2.75) is 32.6 Å². The highest BCUT2D eigenvalue weighted by atomic mass is 35.5. The van der Waals surface area contributed by atoms with Gasteiger partial charge in [-0.05, 0) is 33.2 Å². The molecule has 0 atom stereocenters. The van der Waals surface area contributed by atoms with Gasteiger partial charge in [0.15, 0.2) is 0 Å². The zero-order valence-corrected chi connectivity index (χ0v) is 15.9. The van der Waals surface area contributed by atoms with Crippen molar-refractivity contribution in [3.05, 3.63) is 5.15 Å². The van der Waals surface area contributed by atoms with Gasteiger partial charge in [0, 0.05) is 26.2 Å². The lowest BCUT2D eigenvalue weighted by Gasteiger charge is -2.22. The fraction of sp³-hybridized carbons (Fsp3) is 0.733. The first-order valence-electron chi connectivity index (χ1n) is 7.93. The van der Waals surface area contributed by atoms with E-state index in [1.165, 1.54) is 0 Å². The lowest BCUT2D eigenvalue weighted by atomic mass is 10.4. The first-order valence-corrected chi connectivity index (χ1v) is 9.54. The number of hydrogen-bond acceptors (Lipinski definition) is 6. The Labute approximate surface area is 143 Å². The van der Waals surface area contributed by atoms with Crippen LogP contribution in [0.5, 0.6) is 0 Å². The summed E-state index contributed by atoms with van der Waals surface area (Å²) in [5.41, 5.74) is 0. The average Bonchev–Trinajstić information content (AvgIpc) is 2.52.